The van der Waals surface area contributed by atoms with Crippen molar-refractivity contribution in [2.24, 2.45) is 0 Å². The van der Waals surface area contributed by atoms with E-state index in [2.05, 4.69) is 27.2 Å². The van der Waals surface area contributed by atoms with Crippen molar-refractivity contribution in [2.45, 2.75) is 31.7 Å². The second kappa shape index (κ2) is 6.56. The third-order valence-electron chi connectivity index (χ3n) is 3.75. The van der Waals surface area contributed by atoms with Crippen molar-refractivity contribution in [1.82, 2.24) is 14.9 Å². The van der Waals surface area contributed by atoms with E-state index in [-0.39, 0.29) is 0 Å². The monoisotopic (exact) mass is 265 g/mol. The van der Waals surface area contributed by atoms with Crippen LogP contribution in [0, 0.1) is 0 Å². The molecule has 3 N–H and O–H groups in total. The molecule has 1 aromatic heterocycles. The van der Waals surface area contributed by atoms with E-state index in [9.17, 15) is 0 Å². The second-order valence-electron chi connectivity index (χ2n) is 4.99. The number of ether oxygens (including phenoxy) is 1. The van der Waals surface area contributed by atoms with Crippen LogP contribution in [0.5, 0.6) is 5.88 Å². The summed E-state index contributed by atoms with van der Waals surface area (Å²) in [5.41, 5.74) is 6.37. The number of nitrogen functional groups attached to an aromatic ring is 1. The van der Waals surface area contributed by atoms with Gasteiger partial charge in [-0.3, -0.25) is 0 Å². The van der Waals surface area contributed by atoms with E-state index in [1.807, 2.05) is 0 Å². The molecule has 0 unspecified atom stereocenters. The highest BCUT2D eigenvalue weighted by Crippen LogP contribution is 2.24. The van der Waals surface area contributed by atoms with Crippen molar-refractivity contribution < 1.29 is 4.74 Å². The van der Waals surface area contributed by atoms with Gasteiger partial charge in [0.05, 0.1) is 7.11 Å². The molecule has 19 heavy (non-hydrogen) atoms. The molecule has 0 bridgehead atoms. The fourth-order valence-corrected chi connectivity index (χ4v) is 2.56. The van der Waals surface area contributed by atoms with Crippen LogP contribution in [0.25, 0.3) is 0 Å². The molecule has 1 saturated carbocycles. The SMILES string of the molecule is COc1ncnc(NCCN(C)C2CCCC2)c1N. The number of methoxy groups -OCH3 is 1. The molecule has 6 nitrogen and oxygen atoms in total. The van der Waals surface area contributed by atoms with Crippen LogP contribution in [-0.4, -0.2) is 48.2 Å². The molecule has 106 valence electrons. The van der Waals surface area contributed by atoms with Gasteiger partial charge in [-0.1, -0.05) is 12.8 Å². The van der Waals surface area contributed by atoms with Crippen LogP contribution in [0.2, 0.25) is 0 Å². The maximum atomic E-state index is 5.91. The number of aromatic nitrogens is 2. The second-order valence-corrected chi connectivity index (χ2v) is 4.99. The quantitative estimate of drug-likeness (QED) is 0.808. The van der Waals surface area contributed by atoms with Crippen molar-refractivity contribution in [3.05, 3.63) is 6.33 Å². The minimum absolute atomic E-state index is 0.418. The summed E-state index contributed by atoms with van der Waals surface area (Å²) in [6.07, 6.45) is 6.81. The van der Waals surface area contributed by atoms with Crippen LogP contribution in [0.1, 0.15) is 25.7 Å². The smallest absolute Gasteiger partial charge is 0.242 e. The van der Waals surface area contributed by atoms with Crippen LogP contribution < -0.4 is 15.8 Å². The zero-order valence-electron chi connectivity index (χ0n) is 11.7. The van der Waals surface area contributed by atoms with Gasteiger partial charge < -0.3 is 20.7 Å². The molecule has 0 spiro atoms. The Kier molecular flexibility index (Phi) is 4.79. The molecule has 6 heteroatoms. The number of hydrogen-bond donors (Lipinski definition) is 2. The van der Waals surface area contributed by atoms with E-state index in [4.69, 9.17) is 10.5 Å². The third-order valence-corrected chi connectivity index (χ3v) is 3.75. The van der Waals surface area contributed by atoms with E-state index in [1.54, 1.807) is 7.11 Å². The Bertz CT molecular complexity index is 406. The summed E-state index contributed by atoms with van der Waals surface area (Å²) < 4.78 is 5.07. The van der Waals surface area contributed by atoms with Gasteiger partial charge >= 0.3 is 0 Å². The predicted molar refractivity (Wildman–Crippen MR) is 76.4 cm³/mol. The standard InChI is InChI=1S/C13H23N5O/c1-18(10-5-3-4-6-10)8-7-15-12-11(14)13(19-2)17-9-16-12/h9-10H,3-8,14H2,1-2H3,(H,15,16,17). The number of hydrogen-bond acceptors (Lipinski definition) is 6. The van der Waals surface area contributed by atoms with Gasteiger partial charge in [0.25, 0.3) is 0 Å². The van der Waals surface area contributed by atoms with Crippen molar-refractivity contribution in [3.8, 4) is 5.88 Å². The van der Waals surface area contributed by atoms with E-state index < -0.39 is 0 Å². The summed E-state index contributed by atoms with van der Waals surface area (Å²) in [6, 6.07) is 0.735. The van der Waals surface area contributed by atoms with Crippen molar-refractivity contribution >= 4 is 11.5 Å². The molecule has 1 aromatic rings. The minimum atomic E-state index is 0.418. The molecule has 2 rings (SSSR count). The summed E-state index contributed by atoms with van der Waals surface area (Å²) in [5.74, 6) is 1.06. The van der Waals surface area contributed by atoms with Gasteiger partial charge in [0.1, 0.15) is 12.0 Å². The molecule has 1 heterocycles. The molecule has 0 aliphatic heterocycles. The Balaban J connectivity index is 1.82. The molecular formula is C13H23N5O. The van der Waals surface area contributed by atoms with Gasteiger partial charge in [-0.05, 0) is 19.9 Å². The van der Waals surface area contributed by atoms with E-state index in [0.29, 0.717) is 17.4 Å². The third kappa shape index (κ3) is 3.47. The van der Waals surface area contributed by atoms with E-state index >= 15 is 0 Å². The number of rotatable bonds is 6. The Morgan fingerprint density at radius 1 is 1.42 bits per heavy atom. The first-order valence-electron chi connectivity index (χ1n) is 6.81. The van der Waals surface area contributed by atoms with Crippen LogP contribution in [-0.2, 0) is 0 Å². The highest BCUT2D eigenvalue weighted by Gasteiger charge is 2.19. The first-order valence-corrected chi connectivity index (χ1v) is 6.81. The first-order chi connectivity index (χ1) is 9.22. The number of likely N-dealkylation sites (N-methyl/N-ethyl adjacent to an activating group) is 1. The Morgan fingerprint density at radius 2 is 2.16 bits per heavy atom. The molecule has 0 atom stereocenters. The average molecular weight is 265 g/mol. The Labute approximate surface area is 114 Å². The van der Waals surface area contributed by atoms with Crippen molar-refractivity contribution in [2.75, 3.05) is 38.3 Å². The lowest BCUT2D eigenvalue weighted by atomic mass is 10.2. The highest BCUT2D eigenvalue weighted by molar-refractivity contribution is 5.66. The summed E-state index contributed by atoms with van der Waals surface area (Å²) in [7, 11) is 3.73. The number of nitrogens with one attached hydrogen (secondary N) is 1. The van der Waals surface area contributed by atoms with E-state index in [1.165, 1.54) is 32.0 Å². The van der Waals surface area contributed by atoms with Crippen molar-refractivity contribution in [1.29, 1.82) is 0 Å². The maximum absolute atomic E-state index is 5.91. The van der Waals surface area contributed by atoms with Gasteiger partial charge in [0, 0.05) is 19.1 Å². The lowest BCUT2D eigenvalue weighted by Crippen LogP contribution is -2.33. The zero-order chi connectivity index (χ0) is 13.7. The van der Waals surface area contributed by atoms with Gasteiger partial charge in [0.2, 0.25) is 5.88 Å². The molecule has 1 fully saturated rings. The van der Waals surface area contributed by atoms with Gasteiger partial charge in [-0.25, -0.2) is 4.98 Å². The number of nitrogens with zero attached hydrogens (tertiary/aromatic N) is 3. The fraction of sp³-hybridized carbons (Fsp3) is 0.692. The molecule has 0 amide bonds. The molecular weight excluding hydrogens is 242 g/mol. The van der Waals surface area contributed by atoms with Crippen LogP contribution in [0.4, 0.5) is 11.5 Å². The lowest BCUT2D eigenvalue weighted by molar-refractivity contribution is 0.254. The topological polar surface area (TPSA) is 76.3 Å². The fourth-order valence-electron chi connectivity index (χ4n) is 2.56. The van der Waals surface area contributed by atoms with Crippen molar-refractivity contribution in [3.63, 3.8) is 0 Å². The number of anilines is 2. The predicted octanol–water partition coefficient (Wildman–Crippen LogP) is 1.35. The van der Waals surface area contributed by atoms with E-state index in [0.717, 1.165) is 19.1 Å². The first kappa shape index (κ1) is 13.9. The van der Waals surface area contributed by atoms with Crippen LogP contribution >= 0.6 is 0 Å². The minimum Gasteiger partial charge on any atom is -0.479 e. The summed E-state index contributed by atoms with van der Waals surface area (Å²) >= 11 is 0. The molecule has 1 aliphatic carbocycles. The largest absolute Gasteiger partial charge is 0.479 e. The summed E-state index contributed by atoms with van der Waals surface area (Å²) in [5, 5.41) is 3.24. The highest BCUT2D eigenvalue weighted by atomic mass is 16.5. The van der Waals surface area contributed by atoms with Gasteiger partial charge in [-0.2, -0.15) is 4.98 Å². The zero-order valence-corrected chi connectivity index (χ0v) is 11.7. The maximum Gasteiger partial charge on any atom is 0.242 e. The molecule has 1 aliphatic rings. The Hall–Kier alpha value is -1.56. The van der Waals surface area contributed by atoms with Crippen LogP contribution in [0.3, 0.4) is 0 Å². The normalized spacial score (nSPS) is 15.9. The summed E-state index contributed by atoms with van der Waals surface area (Å²) in [4.78, 5) is 10.5. The Morgan fingerprint density at radius 3 is 2.84 bits per heavy atom. The molecule has 0 aromatic carbocycles. The molecule has 0 saturated heterocycles. The van der Waals surface area contributed by atoms with Gasteiger partial charge in [0.15, 0.2) is 5.82 Å². The number of nitrogens with two attached hydrogens (primary N) is 1. The molecule has 0 radical (unpaired) electrons. The van der Waals surface area contributed by atoms with Gasteiger partial charge in [-0.15, -0.1) is 0 Å². The summed E-state index contributed by atoms with van der Waals surface area (Å²) in [6.45, 7) is 1.80. The lowest BCUT2D eigenvalue weighted by Gasteiger charge is -2.24. The average Bonchev–Trinajstić information content (AvgIpc) is 2.94. The van der Waals surface area contributed by atoms with Crippen LogP contribution in [0.15, 0.2) is 6.33 Å².